The van der Waals surface area contributed by atoms with Crippen LogP contribution in [-0.2, 0) is 22.6 Å². The topological polar surface area (TPSA) is 178 Å². The van der Waals surface area contributed by atoms with Crippen molar-refractivity contribution in [1.82, 2.24) is 9.80 Å². The van der Waals surface area contributed by atoms with E-state index in [-0.39, 0.29) is 29.7 Å². The number of amides is 1. The van der Waals surface area contributed by atoms with Crippen molar-refractivity contribution >= 4 is 17.5 Å². The van der Waals surface area contributed by atoms with Crippen LogP contribution in [0.3, 0.4) is 0 Å². The Morgan fingerprint density at radius 3 is 2.48 bits per heavy atom. The molecule has 1 aromatic carbocycles. The lowest BCUT2D eigenvalue weighted by atomic mass is 9.58. The molecular weight excluding hydrogens is 542 g/mol. The fraction of sp³-hybridized carbons (Fsp3) is 0.452. The zero-order valence-corrected chi connectivity index (χ0v) is 23.6. The molecule has 11 nitrogen and oxygen atoms in total. The first kappa shape index (κ1) is 28.2. The molecule has 42 heavy (non-hydrogen) atoms. The fourth-order valence-corrected chi connectivity index (χ4v) is 7.43. The quantitative estimate of drug-likeness (QED) is 0.331. The van der Waals surface area contributed by atoms with Gasteiger partial charge in [0.1, 0.15) is 34.4 Å². The van der Waals surface area contributed by atoms with E-state index < -0.39 is 58.0 Å². The number of carbonyl (C=O) groups is 3. The Labute approximate surface area is 242 Å². The second-order valence-electron chi connectivity index (χ2n) is 12.1. The van der Waals surface area contributed by atoms with Crippen LogP contribution in [0, 0.1) is 11.8 Å². The Kier molecular flexibility index (Phi) is 6.79. The normalized spacial score (nSPS) is 28.1. The van der Waals surface area contributed by atoms with Crippen molar-refractivity contribution in [2.24, 2.45) is 17.6 Å². The fourth-order valence-electron chi connectivity index (χ4n) is 7.43. The molecule has 2 heterocycles. The Bertz CT molecular complexity index is 1560. The third-order valence-electron chi connectivity index (χ3n) is 9.36. The minimum absolute atomic E-state index is 0.0270. The first-order chi connectivity index (χ1) is 19.9. The van der Waals surface area contributed by atoms with Crippen LogP contribution in [0.1, 0.15) is 47.4 Å². The summed E-state index contributed by atoms with van der Waals surface area (Å²) >= 11 is 0. The number of carbonyl (C=O) groups excluding carboxylic acids is 3. The molecule has 1 amide bonds. The number of likely N-dealkylation sites (N-methyl/N-ethyl adjacent to an activating group) is 1. The zero-order valence-electron chi connectivity index (χ0n) is 23.6. The van der Waals surface area contributed by atoms with E-state index in [9.17, 15) is 34.8 Å². The van der Waals surface area contributed by atoms with E-state index in [1.165, 1.54) is 17.4 Å². The summed E-state index contributed by atoms with van der Waals surface area (Å²) in [5.74, 6) is -5.41. The molecule has 0 unspecified atom stereocenters. The standard InChI is InChI=1S/C31H35N3O8/c1-33(2)25-19-13-15-12-18-17(21-9-6-16(42-21)14-34-10-4-3-5-11-34)7-8-20(35)23(18)26(36)22(15)28(38)31(19,41)29(39)24(27(25)37)30(32)40/h6-9,15,19,25,35,37-38,41H,3-5,10-14H2,1-2H3,(H2,32,40)/t15-,19-,25-,31-/m0/s1. The average Bonchev–Trinajstić information content (AvgIpc) is 3.39. The molecule has 222 valence electrons. The number of aromatic hydroxyl groups is 1. The van der Waals surface area contributed by atoms with Gasteiger partial charge in [0.2, 0.25) is 5.78 Å². The number of aliphatic hydroxyl groups excluding tert-OH is 2. The number of phenolic OH excluding ortho intramolecular Hbond substituents is 1. The molecule has 1 saturated heterocycles. The number of phenols is 1. The number of hydrogen-bond acceptors (Lipinski definition) is 10. The minimum atomic E-state index is -2.66. The van der Waals surface area contributed by atoms with Gasteiger partial charge < -0.3 is 30.6 Å². The predicted molar refractivity (Wildman–Crippen MR) is 151 cm³/mol. The number of allylic oxidation sites excluding steroid dienone is 1. The van der Waals surface area contributed by atoms with Gasteiger partial charge in [0.25, 0.3) is 5.91 Å². The van der Waals surface area contributed by atoms with Crippen molar-refractivity contribution < 1.29 is 39.2 Å². The van der Waals surface area contributed by atoms with Crippen LogP contribution in [0.25, 0.3) is 11.3 Å². The van der Waals surface area contributed by atoms with Gasteiger partial charge in [0.15, 0.2) is 11.4 Å². The summed E-state index contributed by atoms with van der Waals surface area (Å²) in [6.07, 6.45) is 3.75. The molecule has 6 rings (SSSR count). The number of aliphatic hydroxyl groups is 3. The van der Waals surface area contributed by atoms with Gasteiger partial charge in [-0.3, -0.25) is 24.2 Å². The molecule has 1 aliphatic heterocycles. The first-order valence-electron chi connectivity index (χ1n) is 14.3. The molecule has 4 aliphatic rings. The van der Waals surface area contributed by atoms with Crippen LogP contribution < -0.4 is 5.73 Å². The van der Waals surface area contributed by atoms with Crippen LogP contribution in [-0.4, -0.2) is 86.5 Å². The van der Waals surface area contributed by atoms with Crippen LogP contribution >= 0.6 is 0 Å². The number of ketones is 2. The highest BCUT2D eigenvalue weighted by Gasteiger charge is 2.63. The molecule has 11 heteroatoms. The first-order valence-corrected chi connectivity index (χ1v) is 14.3. The van der Waals surface area contributed by atoms with E-state index in [4.69, 9.17) is 10.2 Å². The highest BCUT2D eigenvalue weighted by Crippen LogP contribution is 2.53. The molecule has 1 fully saturated rings. The lowest BCUT2D eigenvalue weighted by Gasteiger charge is -2.50. The van der Waals surface area contributed by atoms with Gasteiger partial charge in [-0.25, -0.2) is 0 Å². The third kappa shape index (κ3) is 4.10. The maximum atomic E-state index is 14.0. The van der Waals surface area contributed by atoms with Crippen LogP contribution in [0.2, 0.25) is 0 Å². The van der Waals surface area contributed by atoms with Crippen molar-refractivity contribution in [2.45, 2.75) is 50.3 Å². The summed E-state index contributed by atoms with van der Waals surface area (Å²) in [5.41, 5.74) is 2.83. The van der Waals surface area contributed by atoms with Crippen molar-refractivity contribution in [3.63, 3.8) is 0 Å². The lowest BCUT2D eigenvalue weighted by Crippen LogP contribution is -2.63. The van der Waals surface area contributed by atoms with E-state index in [1.54, 1.807) is 20.2 Å². The number of rotatable bonds is 5. The number of likely N-dealkylation sites (tertiary alicyclic amines) is 1. The monoisotopic (exact) mass is 577 g/mol. The second kappa shape index (κ2) is 10.1. The zero-order chi connectivity index (χ0) is 30.1. The Hall–Kier alpha value is -3.93. The number of nitrogens with zero attached hydrogens (tertiary/aromatic N) is 2. The van der Waals surface area contributed by atoms with E-state index in [0.717, 1.165) is 31.7 Å². The molecule has 0 spiro atoms. The number of fused-ring (bicyclic) bond motifs is 3. The van der Waals surface area contributed by atoms with Gasteiger partial charge in [-0.05, 0) is 88.6 Å². The van der Waals surface area contributed by atoms with Crippen LogP contribution in [0.5, 0.6) is 5.75 Å². The highest BCUT2D eigenvalue weighted by molar-refractivity contribution is 6.24. The van der Waals surface area contributed by atoms with Crippen LogP contribution in [0.15, 0.2) is 51.3 Å². The van der Waals surface area contributed by atoms with Gasteiger partial charge in [-0.1, -0.05) is 6.42 Å². The molecule has 2 aromatic rings. The average molecular weight is 578 g/mol. The number of primary amides is 1. The SMILES string of the molecule is CN(C)[C@@H]1C(O)=C(C(N)=O)C(=O)[C@@]2(O)C(O)=C3C(=O)c4c(O)ccc(-c5ccc(CN6CCCCC6)o5)c4C[C@H]3C[C@@H]12. The predicted octanol–water partition coefficient (Wildman–Crippen LogP) is 2.37. The Balaban J connectivity index is 1.43. The molecular formula is C31H35N3O8. The Morgan fingerprint density at radius 2 is 1.81 bits per heavy atom. The molecule has 0 saturated carbocycles. The van der Waals surface area contributed by atoms with Crippen molar-refractivity contribution in [3.8, 4) is 17.1 Å². The van der Waals surface area contributed by atoms with Crippen molar-refractivity contribution in [3.05, 3.63) is 63.8 Å². The molecule has 1 aromatic heterocycles. The van der Waals surface area contributed by atoms with Gasteiger partial charge in [0.05, 0.1) is 18.2 Å². The number of Topliss-reactive ketones (excluding diaryl/α,β-unsaturated/α-hetero) is 2. The molecule has 4 atom stereocenters. The van der Waals surface area contributed by atoms with Gasteiger partial charge >= 0.3 is 0 Å². The number of furan rings is 1. The van der Waals surface area contributed by atoms with Gasteiger partial charge in [-0.2, -0.15) is 0 Å². The number of hydrogen-bond donors (Lipinski definition) is 5. The smallest absolute Gasteiger partial charge is 0.255 e. The Morgan fingerprint density at radius 1 is 1.10 bits per heavy atom. The number of nitrogens with two attached hydrogens (primary N) is 1. The minimum Gasteiger partial charge on any atom is -0.510 e. The highest BCUT2D eigenvalue weighted by atomic mass is 16.4. The molecule has 0 bridgehead atoms. The second-order valence-corrected chi connectivity index (χ2v) is 12.1. The van der Waals surface area contributed by atoms with Crippen molar-refractivity contribution in [1.29, 1.82) is 0 Å². The molecule has 6 N–H and O–H groups in total. The van der Waals surface area contributed by atoms with Crippen LogP contribution in [0.4, 0.5) is 0 Å². The maximum Gasteiger partial charge on any atom is 0.255 e. The number of benzene rings is 1. The summed E-state index contributed by atoms with van der Waals surface area (Å²) in [5, 5.41) is 44.9. The van der Waals surface area contributed by atoms with E-state index in [1.807, 2.05) is 12.1 Å². The number of piperidine rings is 1. The third-order valence-corrected chi connectivity index (χ3v) is 9.36. The van der Waals surface area contributed by atoms with E-state index in [0.29, 0.717) is 23.4 Å². The summed E-state index contributed by atoms with van der Waals surface area (Å²) < 4.78 is 6.21. The largest absolute Gasteiger partial charge is 0.510 e. The molecule has 0 radical (unpaired) electrons. The summed E-state index contributed by atoms with van der Waals surface area (Å²) in [4.78, 5) is 43.4. The van der Waals surface area contributed by atoms with E-state index >= 15 is 0 Å². The maximum absolute atomic E-state index is 14.0. The summed E-state index contributed by atoms with van der Waals surface area (Å²) in [6, 6.07) is 5.79. The van der Waals surface area contributed by atoms with E-state index in [2.05, 4.69) is 4.90 Å². The van der Waals surface area contributed by atoms with Crippen molar-refractivity contribution in [2.75, 3.05) is 27.2 Å². The van der Waals surface area contributed by atoms with Gasteiger partial charge in [0, 0.05) is 17.1 Å². The summed E-state index contributed by atoms with van der Waals surface area (Å²) in [6.45, 7) is 2.69. The summed E-state index contributed by atoms with van der Waals surface area (Å²) in [7, 11) is 3.20. The molecule has 3 aliphatic carbocycles. The lowest BCUT2D eigenvalue weighted by molar-refractivity contribution is -0.148. The van der Waals surface area contributed by atoms with Gasteiger partial charge in [-0.15, -0.1) is 0 Å².